The summed E-state index contributed by atoms with van der Waals surface area (Å²) in [5, 5.41) is 7.70. The number of hydrogen-bond acceptors (Lipinski definition) is 2. The third kappa shape index (κ3) is 3.19. The van der Waals surface area contributed by atoms with Gasteiger partial charge in [0.15, 0.2) is 0 Å². The highest BCUT2D eigenvalue weighted by Gasteiger charge is 2.22. The molecule has 0 saturated heterocycles. The Morgan fingerprint density at radius 1 is 1.08 bits per heavy atom. The van der Waals surface area contributed by atoms with Gasteiger partial charge in [-0.15, -0.1) is 0 Å². The quantitative estimate of drug-likeness (QED) is 0.769. The van der Waals surface area contributed by atoms with Crippen LogP contribution in [0.1, 0.15) is 34.6 Å². The van der Waals surface area contributed by atoms with Gasteiger partial charge < -0.3 is 5.32 Å². The Morgan fingerprint density at radius 3 is 2.29 bits per heavy atom. The van der Waals surface area contributed by atoms with Gasteiger partial charge in [0.1, 0.15) is 5.15 Å². The summed E-state index contributed by atoms with van der Waals surface area (Å²) in [6.45, 7) is 3.73. The molecule has 3 rings (SSSR count). The topological polar surface area (TPSA) is 46.9 Å². The average molecular weight is 340 g/mol. The first-order chi connectivity index (χ1) is 11.6. The molecule has 4 nitrogen and oxygen atoms in total. The van der Waals surface area contributed by atoms with E-state index >= 15 is 0 Å². The lowest BCUT2D eigenvalue weighted by molar-refractivity contribution is 0.0939. The van der Waals surface area contributed by atoms with E-state index in [0.29, 0.717) is 16.4 Å². The van der Waals surface area contributed by atoms with Crippen LogP contribution < -0.4 is 5.32 Å². The second kappa shape index (κ2) is 6.89. The Balaban J connectivity index is 1.87. The second-order valence-corrected chi connectivity index (χ2v) is 5.96. The molecule has 2 aromatic carbocycles. The van der Waals surface area contributed by atoms with Crippen LogP contribution in [0.5, 0.6) is 0 Å². The zero-order valence-electron chi connectivity index (χ0n) is 13.5. The van der Waals surface area contributed by atoms with Gasteiger partial charge in [-0.3, -0.25) is 4.79 Å². The van der Waals surface area contributed by atoms with Gasteiger partial charge in [0.2, 0.25) is 0 Å². The smallest absolute Gasteiger partial charge is 0.256 e. The molecule has 0 unspecified atom stereocenters. The van der Waals surface area contributed by atoms with E-state index in [9.17, 15) is 4.79 Å². The summed E-state index contributed by atoms with van der Waals surface area (Å²) in [6, 6.07) is 19.2. The van der Waals surface area contributed by atoms with Crippen molar-refractivity contribution in [3.63, 3.8) is 0 Å². The highest BCUT2D eigenvalue weighted by Crippen LogP contribution is 2.24. The standard InChI is InChI=1S/C19H18ClN3O/c1-13(15-9-5-3-6-10-15)21-19(24)17-14(2)22-23(18(17)20)16-11-7-4-8-12-16/h3-13H,1-2H3,(H,21,24)/t13-/m1/s1. The minimum absolute atomic E-state index is 0.116. The van der Waals surface area contributed by atoms with Gasteiger partial charge in [-0.05, 0) is 31.5 Å². The molecule has 0 aliphatic heterocycles. The Hall–Kier alpha value is -2.59. The maximum Gasteiger partial charge on any atom is 0.256 e. The van der Waals surface area contributed by atoms with Gasteiger partial charge in [0.05, 0.1) is 23.0 Å². The van der Waals surface area contributed by atoms with E-state index in [4.69, 9.17) is 11.6 Å². The van der Waals surface area contributed by atoms with E-state index in [1.165, 1.54) is 0 Å². The maximum absolute atomic E-state index is 12.7. The number of aromatic nitrogens is 2. The van der Waals surface area contributed by atoms with Crippen LogP contribution in [0.15, 0.2) is 60.7 Å². The van der Waals surface area contributed by atoms with Crippen LogP contribution in [0, 0.1) is 6.92 Å². The number of para-hydroxylation sites is 1. The van der Waals surface area contributed by atoms with Crippen LogP contribution in [-0.4, -0.2) is 15.7 Å². The number of nitrogens with one attached hydrogen (secondary N) is 1. The number of aryl methyl sites for hydroxylation is 1. The van der Waals surface area contributed by atoms with E-state index in [1.54, 1.807) is 11.6 Å². The minimum atomic E-state index is -0.226. The summed E-state index contributed by atoms with van der Waals surface area (Å²) >= 11 is 6.43. The molecule has 0 aliphatic carbocycles. The van der Waals surface area contributed by atoms with Crippen molar-refractivity contribution < 1.29 is 4.79 Å². The maximum atomic E-state index is 12.7. The highest BCUT2D eigenvalue weighted by atomic mass is 35.5. The third-order valence-electron chi connectivity index (χ3n) is 3.88. The van der Waals surface area contributed by atoms with Crippen LogP contribution in [0.25, 0.3) is 5.69 Å². The summed E-state index contributed by atoms with van der Waals surface area (Å²) in [6.07, 6.45) is 0. The lowest BCUT2D eigenvalue weighted by Crippen LogP contribution is -2.27. The largest absolute Gasteiger partial charge is 0.345 e. The van der Waals surface area contributed by atoms with E-state index in [-0.39, 0.29) is 11.9 Å². The molecular formula is C19H18ClN3O. The number of carbonyl (C=O) groups excluding carboxylic acids is 1. The molecule has 0 fully saturated rings. The molecule has 3 aromatic rings. The van der Waals surface area contributed by atoms with Crippen LogP contribution in [0.2, 0.25) is 5.15 Å². The monoisotopic (exact) mass is 339 g/mol. The zero-order chi connectivity index (χ0) is 17.1. The van der Waals surface area contributed by atoms with Gasteiger partial charge in [0, 0.05) is 0 Å². The molecule has 1 heterocycles. The fraction of sp³-hybridized carbons (Fsp3) is 0.158. The van der Waals surface area contributed by atoms with Gasteiger partial charge in [-0.2, -0.15) is 5.10 Å². The Kier molecular flexibility index (Phi) is 4.67. The van der Waals surface area contributed by atoms with E-state index in [2.05, 4.69) is 10.4 Å². The molecule has 1 amide bonds. The fourth-order valence-electron chi connectivity index (χ4n) is 2.59. The SMILES string of the molecule is Cc1nn(-c2ccccc2)c(Cl)c1C(=O)N[C@H](C)c1ccccc1. The number of halogens is 1. The minimum Gasteiger partial charge on any atom is -0.345 e. The molecule has 122 valence electrons. The fourth-order valence-corrected chi connectivity index (χ4v) is 2.95. The molecule has 24 heavy (non-hydrogen) atoms. The van der Waals surface area contributed by atoms with Crippen molar-refractivity contribution in [1.29, 1.82) is 0 Å². The van der Waals surface area contributed by atoms with Gasteiger partial charge >= 0.3 is 0 Å². The lowest BCUT2D eigenvalue weighted by Gasteiger charge is -2.14. The Bertz CT molecular complexity index is 844. The predicted molar refractivity (Wildman–Crippen MR) is 95.6 cm³/mol. The van der Waals surface area contributed by atoms with Gasteiger partial charge in [-0.25, -0.2) is 4.68 Å². The van der Waals surface area contributed by atoms with Crippen LogP contribution in [-0.2, 0) is 0 Å². The van der Waals surface area contributed by atoms with Crippen molar-refractivity contribution in [2.24, 2.45) is 0 Å². The summed E-state index contributed by atoms with van der Waals surface area (Å²) in [7, 11) is 0. The van der Waals surface area contributed by atoms with Crippen molar-refractivity contribution in [2.45, 2.75) is 19.9 Å². The summed E-state index contributed by atoms with van der Waals surface area (Å²) in [4.78, 5) is 12.7. The van der Waals surface area contributed by atoms with Crippen molar-refractivity contribution in [3.8, 4) is 5.69 Å². The molecule has 1 aromatic heterocycles. The van der Waals surface area contributed by atoms with Gasteiger partial charge in [-0.1, -0.05) is 60.1 Å². The van der Waals surface area contributed by atoms with Crippen molar-refractivity contribution >= 4 is 17.5 Å². The summed E-state index contributed by atoms with van der Waals surface area (Å²) in [5.41, 5.74) is 2.86. The predicted octanol–water partition coefficient (Wildman–Crippen LogP) is 4.33. The summed E-state index contributed by atoms with van der Waals surface area (Å²) in [5.74, 6) is -0.226. The molecule has 0 bridgehead atoms. The van der Waals surface area contributed by atoms with Crippen molar-refractivity contribution in [2.75, 3.05) is 0 Å². The van der Waals surface area contributed by atoms with Crippen LogP contribution >= 0.6 is 11.6 Å². The first-order valence-corrected chi connectivity index (χ1v) is 8.12. The second-order valence-electron chi connectivity index (χ2n) is 5.60. The lowest BCUT2D eigenvalue weighted by atomic mass is 10.1. The number of hydrogen-bond donors (Lipinski definition) is 1. The molecule has 0 saturated carbocycles. The Labute approximate surface area is 146 Å². The summed E-state index contributed by atoms with van der Waals surface area (Å²) < 4.78 is 1.58. The average Bonchev–Trinajstić information content (AvgIpc) is 2.91. The number of benzene rings is 2. The first kappa shape index (κ1) is 16.3. The molecule has 0 aliphatic rings. The van der Waals surface area contributed by atoms with Crippen LogP contribution in [0.3, 0.4) is 0 Å². The number of amides is 1. The normalized spacial score (nSPS) is 12.0. The Morgan fingerprint density at radius 2 is 1.67 bits per heavy atom. The number of carbonyl (C=O) groups is 1. The number of rotatable bonds is 4. The van der Waals surface area contributed by atoms with Crippen molar-refractivity contribution in [3.05, 3.63) is 82.6 Å². The zero-order valence-corrected chi connectivity index (χ0v) is 14.3. The molecule has 1 atom stereocenters. The molecule has 0 spiro atoms. The van der Waals surface area contributed by atoms with Gasteiger partial charge in [0.25, 0.3) is 5.91 Å². The molecular weight excluding hydrogens is 322 g/mol. The first-order valence-electron chi connectivity index (χ1n) is 7.74. The third-order valence-corrected chi connectivity index (χ3v) is 4.23. The molecule has 5 heteroatoms. The van der Waals surface area contributed by atoms with E-state index in [0.717, 1.165) is 11.3 Å². The highest BCUT2D eigenvalue weighted by molar-refractivity contribution is 6.33. The van der Waals surface area contributed by atoms with E-state index in [1.807, 2.05) is 67.6 Å². The van der Waals surface area contributed by atoms with E-state index < -0.39 is 0 Å². The van der Waals surface area contributed by atoms with Crippen molar-refractivity contribution in [1.82, 2.24) is 15.1 Å². The van der Waals surface area contributed by atoms with Crippen LogP contribution in [0.4, 0.5) is 0 Å². The molecule has 0 radical (unpaired) electrons. The molecule has 1 N–H and O–H groups in total. The number of nitrogens with zero attached hydrogens (tertiary/aromatic N) is 2.